The van der Waals surface area contributed by atoms with E-state index >= 15 is 0 Å². The summed E-state index contributed by atoms with van der Waals surface area (Å²) in [5.74, 6) is 0. The van der Waals surface area contributed by atoms with Crippen molar-refractivity contribution in [3.05, 3.63) is 0 Å². The molecule has 0 amide bonds. The minimum Gasteiger partial charge on any atom is -0.290 e. The van der Waals surface area contributed by atoms with Crippen molar-refractivity contribution in [3.63, 3.8) is 0 Å². The molecule has 2 aliphatic rings. The fraction of sp³-hybridized carbons (Fsp3) is 1.00. The minimum atomic E-state index is 0.708. The lowest BCUT2D eigenvalue weighted by atomic mass is 10.3. The summed E-state index contributed by atoms with van der Waals surface area (Å²) < 4.78 is 0. The Labute approximate surface area is 45.4 Å². The SMILES string of the molecule is BrCC12CN1C2. The average molecular weight is 148 g/mol. The molecule has 0 bridgehead atoms. The minimum absolute atomic E-state index is 0.708. The van der Waals surface area contributed by atoms with Crippen LogP contribution in [0.15, 0.2) is 0 Å². The Kier molecular flexibility index (Phi) is 0.398. The molecule has 0 aromatic carbocycles. The third kappa shape index (κ3) is 0.220. The molecule has 2 aliphatic heterocycles. The van der Waals surface area contributed by atoms with Gasteiger partial charge in [-0.05, 0) is 0 Å². The van der Waals surface area contributed by atoms with E-state index in [0.717, 1.165) is 0 Å². The second-order valence-electron chi connectivity index (χ2n) is 2.21. The molecule has 0 atom stereocenters. The maximum atomic E-state index is 3.43. The molecule has 0 unspecified atom stereocenters. The summed E-state index contributed by atoms with van der Waals surface area (Å²) in [6.07, 6.45) is 0. The molecule has 0 saturated carbocycles. The number of hydrogen-bond donors (Lipinski definition) is 0. The second-order valence-corrected chi connectivity index (χ2v) is 2.77. The molecule has 2 heterocycles. The Balaban J connectivity index is 2.10. The number of rotatable bonds is 1. The van der Waals surface area contributed by atoms with Crippen molar-refractivity contribution in [2.24, 2.45) is 0 Å². The van der Waals surface area contributed by atoms with Crippen LogP contribution in [0, 0.1) is 0 Å². The summed E-state index contributed by atoms with van der Waals surface area (Å²) in [5.41, 5.74) is 0.708. The van der Waals surface area contributed by atoms with Gasteiger partial charge in [0, 0.05) is 18.4 Å². The fourth-order valence-corrected chi connectivity index (χ4v) is 1.47. The van der Waals surface area contributed by atoms with E-state index in [2.05, 4.69) is 20.8 Å². The Morgan fingerprint density at radius 2 is 2.17 bits per heavy atom. The van der Waals surface area contributed by atoms with Crippen molar-refractivity contribution in [2.45, 2.75) is 5.54 Å². The highest BCUT2D eigenvalue weighted by Gasteiger charge is 2.66. The van der Waals surface area contributed by atoms with Crippen LogP contribution in [0.2, 0.25) is 0 Å². The van der Waals surface area contributed by atoms with E-state index in [1.807, 2.05) is 0 Å². The molecule has 0 spiro atoms. The molecule has 0 radical (unpaired) electrons. The Bertz CT molecular complexity index is 85.5. The number of hydrogen-bond acceptors (Lipinski definition) is 1. The fourth-order valence-electron chi connectivity index (χ4n) is 0.763. The molecule has 2 saturated heterocycles. The van der Waals surface area contributed by atoms with E-state index in [9.17, 15) is 0 Å². The van der Waals surface area contributed by atoms with E-state index in [1.54, 1.807) is 0 Å². The van der Waals surface area contributed by atoms with Gasteiger partial charge in [0.05, 0.1) is 5.54 Å². The van der Waals surface area contributed by atoms with Crippen LogP contribution in [0.4, 0.5) is 0 Å². The first kappa shape index (κ1) is 3.44. The van der Waals surface area contributed by atoms with Gasteiger partial charge in [-0.15, -0.1) is 0 Å². The number of fused-ring (bicyclic) bond motifs is 1. The van der Waals surface area contributed by atoms with E-state index in [0.29, 0.717) is 5.54 Å². The molecule has 0 aromatic rings. The predicted octanol–water partition coefficient (Wildman–Crippen LogP) is 0.449. The van der Waals surface area contributed by atoms with Gasteiger partial charge in [-0.1, -0.05) is 15.9 Å². The van der Waals surface area contributed by atoms with Crippen LogP contribution in [0.25, 0.3) is 0 Å². The average Bonchev–Trinajstić information content (AvgIpc) is 2.12. The van der Waals surface area contributed by atoms with Crippen LogP contribution in [-0.4, -0.2) is 28.9 Å². The lowest BCUT2D eigenvalue weighted by Crippen LogP contribution is -2.01. The lowest BCUT2D eigenvalue weighted by molar-refractivity contribution is 0.809. The molecule has 0 aliphatic carbocycles. The first-order valence-electron chi connectivity index (χ1n) is 2.18. The van der Waals surface area contributed by atoms with Crippen LogP contribution in [-0.2, 0) is 0 Å². The van der Waals surface area contributed by atoms with Gasteiger partial charge in [0.1, 0.15) is 0 Å². The van der Waals surface area contributed by atoms with Crippen molar-refractivity contribution < 1.29 is 0 Å². The van der Waals surface area contributed by atoms with Crippen molar-refractivity contribution >= 4 is 15.9 Å². The molecule has 2 rings (SSSR count). The summed E-state index contributed by atoms with van der Waals surface area (Å²) in [6, 6.07) is 0. The summed E-state index contributed by atoms with van der Waals surface area (Å²) >= 11 is 3.43. The molecule has 0 N–H and O–H groups in total. The van der Waals surface area contributed by atoms with Gasteiger partial charge < -0.3 is 0 Å². The zero-order valence-corrected chi connectivity index (χ0v) is 5.03. The summed E-state index contributed by atoms with van der Waals surface area (Å²) in [6.45, 7) is 2.72. The largest absolute Gasteiger partial charge is 0.290 e. The van der Waals surface area contributed by atoms with Crippen molar-refractivity contribution in [2.75, 3.05) is 18.4 Å². The van der Waals surface area contributed by atoms with Gasteiger partial charge >= 0.3 is 0 Å². The van der Waals surface area contributed by atoms with E-state index in [1.165, 1.54) is 18.4 Å². The third-order valence-corrected chi connectivity index (χ3v) is 2.73. The molecule has 1 nitrogen and oxygen atoms in total. The summed E-state index contributed by atoms with van der Waals surface area (Å²) in [5, 5.41) is 1.19. The van der Waals surface area contributed by atoms with Crippen LogP contribution < -0.4 is 0 Å². The Morgan fingerprint density at radius 3 is 2.17 bits per heavy atom. The topological polar surface area (TPSA) is 3.01 Å². The zero-order valence-electron chi connectivity index (χ0n) is 3.45. The highest BCUT2D eigenvalue weighted by Crippen LogP contribution is 2.49. The Morgan fingerprint density at radius 1 is 1.67 bits per heavy atom. The van der Waals surface area contributed by atoms with Crippen molar-refractivity contribution in [1.82, 2.24) is 4.90 Å². The molecule has 6 heavy (non-hydrogen) atoms. The van der Waals surface area contributed by atoms with E-state index in [-0.39, 0.29) is 0 Å². The smallest absolute Gasteiger partial charge is 0.0562 e. The van der Waals surface area contributed by atoms with E-state index < -0.39 is 0 Å². The van der Waals surface area contributed by atoms with Gasteiger partial charge in [0.15, 0.2) is 0 Å². The lowest BCUT2D eigenvalue weighted by Gasteiger charge is -1.83. The zero-order chi connectivity index (χ0) is 4.20. The first-order valence-corrected chi connectivity index (χ1v) is 3.31. The Hall–Kier alpha value is 0.440. The maximum absolute atomic E-state index is 3.43. The van der Waals surface area contributed by atoms with Crippen LogP contribution in [0.1, 0.15) is 0 Å². The van der Waals surface area contributed by atoms with Crippen LogP contribution in [0.5, 0.6) is 0 Å². The second kappa shape index (κ2) is 0.693. The molecule has 2 heteroatoms. The quantitative estimate of drug-likeness (QED) is 0.385. The van der Waals surface area contributed by atoms with Crippen LogP contribution >= 0.6 is 15.9 Å². The normalized spacial score (nSPS) is 60.5. The van der Waals surface area contributed by atoms with E-state index in [4.69, 9.17) is 0 Å². The molecule has 0 aromatic heterocycles. The standard InChI is InChI=1S/C4H6BrN/c5-1-4-2-6(4)3-4/h1-3H2. The van der Waals surface area contributed by atoms with Gasteiger partial charge in [-0.3, -0.25) is 4.90 Å². The number of nitrogens with zero attached hydrogens (tertiary/aromatic N) is 1. The molecular weight excluding hydrogens is 142 g/mol. The highest BCUT2D eigenvalue weighted by atomic mass is 79.9. The van der Waals surface area contributed by atoms with Gasteiger partial charge in [-0.25, -0.2) is 0 Å². The molecular formula is C4H6BrN. The molecule has 34 valence electrons. The maximum Gasteiger partial charge on any atom is 0.0562 e. The van der Waals surface area contributed by atoms with Gasteiger partial charge in [-0.2, -0.15) is 0 Å². The number of halogens is 1. The van der Waals surface area contributed by atoms with Gasteiger partial charge in [0.25, 0.3) is 0 Å². The monoisotopic (exact) mass is 147 g/mol. The molecule has 2 fully saturated rings. The summed E-state index contributed by atoms with van der Waals surface area (Å²) in [7, 11) is 0. The van der Waals surface area contributed by atoms with Crippen molar-refractivity contribution in [3.8, 4) is 0 Å². The van der Waals surface area contributed by atoms with Gasteiger partial charge in [0.2, 0.25) is 0 Å². The predicted molar refractivity (Wildman–Crippen MR) is 28.1 cm³/mol. The number of alkyl halides is 1. The van der Waals surface area contributed by atoms with Crippen molar-refractivity contribution in [1.29, 1.82) is 0 Å². The highest BCUT2D eigenvalue weighted by molar-refractivity contribution is 9.09. The third-order valence-electron chi connectivity index (χ3n) is 1.68. The first-order chi connectivity index (χ1) is 2.87. The van der Waals surface area contributed by atoms with Crippen LogP contribution in [0.3, 0.4) is 0 Å². The summed E-state index contributed by atoms with van der Waals surface area (Å²) in [4.78, 5) is 2.45.